The molecule has 1 aliphatic rings. The molecule has 0 amide bonds. The van der Waals surface area contributed by atoms with Gasteiger partial charge in [-0.3, -0.25) is 9.59 Å². The first-order chi connectivity index (χ1) is 23.4. The summed E-state index contributed by atoms with van der Waals surface area (Å²) in [4.78, 5) is 75.9. The average molecular weight is 707 g/mol. The van der Waals surface area contributed by atoms with Gasteiger partial charge in [-0.05, 0) is 40.5 Å². The van der Waals surface area contributed by atoms with Gasteiger partial charge in [0.1, 0.15) is 39.6 Å². The Bertz CT molecular complexity index is 1180. The Kier molecular flexibility index (Phi) is 18.1. The summed E-state index contributed by atoms with van der Waals surface area (Å²) >= 11 is 0. The minimum absolute atomic E-state index is 0.125. The van der Waals surface area contributed by atoms with E-state index in [1.54, 1.807) is 12.2 Å². The summed E-state index contributed by atoms with van der Waals surface area (Å²) in [7, 11) is 2.75. The highest BCUT2D eigenvalue weighted by Crippen LogP contribution is 2.31. The highest BCUT2D eigenvalue weighted by Gasteiger charge is 2.42. The molecule has 14 nitrogen and oxygen atoms in total. The lowest BCUT2D eigenvalue weighted by Crippen LogP contribution is -2.45. The SMILES string of the molecule is C=C(C)C(=O)OCC(COC)(COC(=O)C(=C)C)COC(=O)C1CC=CCC1C(=O)OCC(COC)(COC(=O)C(=C)C)COC(=O)C(=C)C. The van der Waals surface area contributed by atoms with E-state index in [-0.39, 0.29) is 74.8 Å². The Balaban J connectivity index is 3.23. The van der Waals surface area contributed by atoms with Crippen molar-refractivity contribution in [2.45, 2.75) is 40.5 Å². The zero-order chi connectivity index (χ0) is 38.1. The first-order valence-corrected chi connectivity index (χ1v) is 15.7. The summed E-state index contributed by atoms with van der Waals surface area (Å²) in [6.45, 7) is 17.5. The van der Waals surface area contributed by atoms with Crippen molar-refractivity contribution < 1.29 is 66.7 Å². The van der Waals surface area contributed by atoms with Crippen molar-refractivity contribution in [3.8, 4) is 0 Å². The molecular weight excluding hydrogens is 656 g/mol. The van der Waals surface area contributed by atoms with E-state index in [0.717, 1.165) is 0 Å². The molecule has 0 aromatic rings. The Labute approximate surface area is 293 Å². The van der Waals surface area contributed by atoms with E-state index in [1.165, 1.54) is 41.9 Å². The molecule has 1 rings (SSSR count). The number of esters is 6. The van der Waals surface area contributed by atoms with Crippen LogP contribution in [0.2, 0.25) is 0 Å². The topological polar surface area (TPSA) is 176 Å². The average Bonchev–Trinajstić information content (AvgIpc) is 3.08. The van der Waals surface area contributed by atoms with Crippen molar-refractivity contribution >= 4 is 35.8 Å². The molecule has 0 radical (unpaired) electrons. The number of rotatable bonds is 22. The molecule has 0 N–H and O–H groups in total. The Morgan fingerprint density at radius 1 is 0.480 bits per heavy atom. The van der Waals surface area contributed by atoms with Crippen molar-refractivity contribution in [3.05, 3.63) is 60.8 Å². The second kappa shape index (κ2) is 20.8. The molecule has 1 aliphatic carbocycles. The third-order valence-electron chi connectivity index (χ3n) is 7.41. The Hall–Kier alpha value is -4.56. The second-order valence-corrected chi connectivity index (χ2v) is 12.7. The summed E-state index contributed by atoms with van der Waals surface area (Å²) in [5, 5.41) is 0. The van der Waals surface area contributed by atoms with E-state index in [4.69, 9.17) is 37.9 Å². The molecule has 0 heterocycles. The lowest BCUT2D eigenvalue weighted by Gasteiger charge is -2.34. The Morgan fingerprint density at radius 3 is 0.940 bits per heavy atom. The van der Waals surface area contributed by atoms with Gasteiger partial charge >= 0.3 is 35.8 Å². The molecule has 0 saturated heterocycles. The molecule has 2 atom stereocenters. The Morgan fingerprint density at radius 2 is 0.720 bits per heavy atom. The summed E-state index contributed by atoms with van der Waals surface area (Å²) in [5.41, 5.74) is -2.13. The van der Waals surface area contributed by atoms with Gasteiger partial charge in [0.05, 0.1) is 35.9 Å². The van der Waals surface area contributed by atoms with Crippen LogP contribution in [0.1, 0.15) is 40.5 Å². The van der Waals surface area contributed by atoms with Gasteiger partial charge < -0.3 is 37.9 Å². The van der Waals surface area contributed by atoms with Crippen LogP contribution in [-0.2, 0) is 66.7 Å². The highest BCUT2D eigenvalue weighted by molar-refractivity contribution is 5.88. The zero-order valence-electron chi connectivity index (χ0n) is 29.9. The van der Waals surface area contributed by atoms with Gasteiger partial charge in [0.25, 0.3) is 0 Å². The first-order valence-electron chi connectivity index (χ1n) is 15.7. The van der Waals surface area contributed by atoms with E-state index >= 15 is 0 Å². The van der Waals surface area contributed by atoms with Crippen LogP contribution >= 0.6 is 0 Å². The minimum Gasteiger partial charge on any atom is -0.464 e. The molecule has 0 aromatic heterocycles. The van der Waals surface area contributed by atoms with E-state index in [1.807, 2.05) is 0 Å². The van der Waals surface area contributed by atoms with Gasteiger partial charge in [0.15, 0.2) is 0 Å². The fourth-order valence-electron chi connectivity index (χ4n) is 4.48. The lowest BCUT2D eigenvalue weighted by molar-refractivity contribution is -0.175. The van der Waals surface area contributed by atoms with Gasteiger partial charge in [-0.25, -0.2) is 19.2 Å². The molecular formula is C36H50O14. The van der Waals surface area contributed by atoms with Crippen molar-refractivity contribution in [2.24, 2.45) is 22.7 Å². The fraction of sp³-hybridized carbons (Fsp3) is 0.556. The third kappa shape index (κ3) is 14.1. The summed E-state index contributed by atoms with van der Waals surface area (Å²) in [5.74, 6) is -6.33. The zero-order valence-corrected chi connectivity index (χ0v) is 29.9. The van der Waals surface area contributed by atoms with Gasteiger partial charge in [-0.1, -0.05) is 38.5 Å². The largest absolute Gasteiger partial charge is 0.464 e. The van der Waals surface area contributed by atoms with Crippen LogP contribution in [0.5, 0.6) is 0 Å². The molecule has 0 aromatic carbocycles. The summed E-state index contributed by atoms with van der Waals surface area (Å²) in [6.07, 6.45) is 3.73. The third-order valence-corrected chi connectivity index (χ3v) is 7.41. The predicted octanol–water partition coefficient (Wildman–Crippen LogP) is 3.40. The smallest absolute Gasteiger partial charge is 0.333 e. The molecule has 50 heavy (non-hydrogen) atoms. The number of methoxy groups -OCH3 is 2. The number of hydrogen-bond donors (Lipinski definition) is 0. The van der Waals surface area contributed by atoms with E-state index in [9.17, 15) is 28.8 Å². The molecule has 2 unspecified atom stereocenters. The molecule has 278 valence electrons. The molecule has 0 saturated carbocycles. The maximum Gasteiger partial charge on any atom is 0.333 e. The van der Waals surface area contributed by atoms with Crippen molar-refractivity contribution in [1.82, 2.24) is 0 Å². The number of hydrogen-bond acceptors (Lipinski definition) is 14. The van der Waals surface area contributed by atoms with Crippen LogP contribution in [0, 0.1) is 22.7 Å². The number of carbonyl (C=O) groups is 6. The minimum atomic E-state index is -1.32. The molecule has 14 heteroatoms. The van der Waals surface area contributed by atoms with E-state index in [2.05, 4.69) is 26.3 Å². The number of allylic oxidation sites excluding steroid dienone is 2. The number of ether oxygens (including phenoxy) is 8. The van der Waals surface area contributed by atoms with E-state index in [0.29, 0.717) is 0 Å². The van der Waals surface area contributed by atoms with Crippen molar-refractivity contribution in [1.29, 1.82) is 0 Å². The first kappa shape index (κ1) is 43.5. The maximum absolute atomic E-state index is 13.5. The van der Waals surface area contributed by atoms with Crippen LogP contribution < -0.4 is 0 Å². The van der Waals surface area contributed by atoms with Crippen molar-refractivity contribution in [2.75, 3.05) is 67.1 Å². The predicted molar refractivity (Wildman–Crippen MR) is 179 cm³/mol. The van der Waals surface area contributed by atoms with Gasteiger partial charge in [-0.2, -0.15) is 0 Å². The van der Waals surface area contributed by atoms with Gasteiger partial charge in [0.2, 0.25) is 0 Å². The van der Waals surface area contributed by atoms with Crippen LogP contribution in [0.25, 0.3) is 0 Å². The maximum atomic E-state index is 13.5. The van der Waals surface area contributed by atoms with Crippen LogP contribution in [0.15, 0.2) is 60.8 Å². The molecule has 0 aliphatic heterocycles. The summed E-state index contributed by atoms with van der Waals surface area (Å²) in [6, 6.07) is 0. The number of carbonyl (C=O) groups excluding carboxylic acids is 6. The quantitative estimate of drug-likeness (QED) is 0.0693. The van der Waals surface area contributed by atoms with Crippen LogP contribution in [-0.4, -0.2) is 103 Å². The van der Waals surface area contributed by atoms with Gasteiger partial charge in [-0.15, -0.1) is 0 Å². The standard InChI is InChI=1S/C36H50O14/c1-23(2)29(37)45-17-35(15-43-9,18-46-30(38)24(3)4)21-49-33(41)27-13-11-12-14-28(27)34(42)50-22-36(16-44-10,19-47-31(39)25(5)6)20-48-32(40)26(7)8/h11-12,27-28H,1,3,5,7,13-22H2,2,4,6,8-10H3. The molecule has 0 bridgehead atoms. The monoisotopic (exact) mass is 706 g/mol. The summed E-state index contributed by atoms with van der Waals surface area (Å²) < 4.78 is 43.4. The highest BCUT2D eigenvalue weighted by atomic mass is 16.6. The van der Waals surface area contributed by atoms with E-state index < -0.39 is 71.7 Å². The fourth-order valence-corrected chi connectivity index (χ4v) is 4.48. The lowest BCUT2D eigenvalue weighted by atomic mass is 9.82. The molecule has 0 fully saturated rings. The molecule has 0 spiro atoms. The normalized spacial score (nSPS) is 15.6. The van der Waals surface area contributed by atoms with Crippen LogP contribution in [0.4, 0.5) is 0 Å². The van der Waals surface area contributed by atoms with Gasteiger partial charge in [0, 0.05) is 36.5 Å². The van der Waals surface area contributed by atoms with Crippen LogP contribution in [0.3, 0.4) is 0 Å². The second-order valence-electron chi connectivity index (χ2n) is 12.7. The van der Waals surface area contributed by atoms with Crippen molar-refractivity contribution in [3.63, 3.8) is 0 Å².